The Labute approximate surface area is 214 Å². The minimum absolute atomic E-state index is 0.0239. The number of aliphatic imine (C=N–C) groups is 1. The molecule has 0 aliphatic carbocycles. The summed E-state index contributed by atoms with van der Waals surface area (Å²) in [6.45, 7) is 0.156. The summed E-state index contributed by atoms with van der Waals surface area (Å²) in [7, 11) is -2.27. The van der Waals surface area contributed by atoms with Crippen molar-refractivity contribution in [3.8, 4) is 5.75 Å². The van der Waals surface area contributed by atoms with E-state index < -0.39 is 10.0 Å². The van der Waals surface area contributed by atoms with E-state index in [4.69, 9.17) is 32.4 Å². The minimum atomic E-state index is -3.85. The predicted octanol–water partition coefficient (Wildman–Crippen LogP) is 6.74. The second-order valence-electron chi connectivity index (χ2n) is 7.59. The fourth-order valence-corrected chi connectivity index (χ4v) is 5.01. The second-order valence-corrected chi connectivity index (χ2v) is 10.4. The van der Waals surface area contributed by atoms with Crippen LogP contribution in [0.5, 0.6) is 5.75 Å². The molecule has 0 amide bonds. The zero-order valence-corrected chi connectivity index (χ0v) is 21.1. The molecule has 0 bridgehead atoms. The Balaban J connectivity index is 1.59. The van der Waals surface area contributed by atoms with Gasteiger partial charge in [0, 0.05) is 16.6 Å². The Bertz CT molecular complexity index is 1420. The molecule has 6 nitrogen and oxygen atoms in total. The fraction of sp³-hybridized carbons (Fsp3) is 0.115. The molecular formula is C26H22Cl2N2O4S. The molecular weight excluding hydrogens is 507 g/mol. The molecule has 0 aliphatic heterocycles. The average molecular weight is 529 g/mol. The third kappa shape index (κ3) is 6.32. The Morgan fingerprint density at radius 2 is 1.54 bits per heavy atom. The number of nitrogens with zero attached hydrogens (tertiary/aromatic N) is 2. The average Bonchev–Trinajstić information content (AvgIpc) is 3.31. The van der Waals surface area contributed by atoms with Crippen molar-refractivity contribution in [2.45, 2.75) is 18.0 Å². The van der Waals surface area contributed by atoms with Gasteiger partial charge >= 0.3 is 0 Å². The normalized spacial score (nSPS) is 11.9. The molecule has 35 heavy (non-hydrogen) atoms. The summed E-state index contributed by atoms with van der Waals surface area (Å²) in [6, 6.07) is 23.9. The summed E-state index contributed by atoms with van der Waals surface area (Å²) in [4.78, 5) is 4.56. The van der Waals surface area contributed by atoms with Crippen molar-refractivity contribution in [3.63, 3.8) is 0 Å². The van der Waals surface area contributed by atoms with E-state index in [2.05, 4.69) is 4.99 Å². The van der Waals surface area contributed by atoms with Crippen molar-refractivity contribution in [2.75, 3.05) is 7.11 Å². The molecule has 0 fully saturated rings. The van der Waals surface area contributed by atoms with Crippen molar-refractivity contribution in [1.29, 1.82) is 0 Å². The first-order chi connectivity index (χ1) is 16.8. The van der Waals surface area contributed by atoms with Gasteiger partial charge in [-0.2, -0.15) is 4.31 Å². The van der Waals surface area contributed by atoms with Crippen molar-refractivity contribution in [3.05, 3.63) is 112 Å². The highest BCUT2D eigenvalue weighted by molar-refractivity contribution is 7.89. The lowest BCUT2D eigenvalue weighted by Crippen LogP contribution is -2.30. The zero-order chi connectivity index (χ0) is 24.8. The molecule has 0 saturated heterocycles. The van der Waals surface area contributed by atoms with Gasteiger partial charge in [-0.3, -0.25) is 0 Å². The molecule has 0 atom stereocenters. The molecule has 0 unspecified atom stereocenters. The highest BCUT2D eigenvalue weighted by Crippen LogP contribution is 2.27. The van der Waals surface area contributed by atoms with Crippen LogP contribution in [-0.4, -0.2) is 26.0 Å². The molecule has 0 spiro atoms. The summed E-state index contributed by atoms with van der Waals surface area (Å²) < 4.78 is 39.5. The highest BCUT2D eigenvalue weighted by Gasteiger charge is 2.26. The zero-order valence-electron chi connectivity index (χ0n) is 18.8. The lowest BCUT2D eigenvalue weighted by molar-refractivity contribution is 0.357. The summed E-state index contributed by atoms with van der Waals surface area (Å²) in [5, 5.41) is 1.03. The molecule has 0 saturated carbocycles. The molecule has 1 heterocycles. The van der Waals surface area contributed by atoms with Crippen molar-refractivity contribution < 1.29 is 17.6 Å². The number of para-hydroxylation sites is 2. The Morgan fingerprint density at radius 1 is 0.886 bits per heavy atom. The Morgan fingerprint density at radius 3 is 2.23 bits per heavy atom. The van der Waals surface area contributed by atoms with Gasteiger partial charge in [-0.25, -0.2) is 13.4 Å². The standard InChI is InChI=1S/C26H22Cl2N2O4S/c1-33-26-5-3-2-4-25(26)29-16-22-12-13-23(34-22)18-30(17-19-6-8-20(27)9-7-19)35(31,32)24-14-10-21(28)11-15-24/h2-16H,17-18H2,1H3. The molecule has 4 rings (SSSR count). The van der Waals surface area contributed by atoms with Crippen LogP contribution in [0.2, 0.25) is 10.0 Å². The van der Waals surface area contributed by atoms with Gasteiger partial charge in [0.25, 0.3) is 0 Å². The number of hydrogen-bond acceptors (Lipinski definition) is 5. The Kier molecular flexibility index (Phi) is 7.93. The van der Waals surface area contributed by atoms with Crippen LogP contribution in [0.25, 0.3) is 0 Å². The third-order valence-electron chi connectivity index (χ3n) is 5.15. The molecule has 0 aliphatic rings. The van der Waals surface area contributed by atoms with E-state index in [1.54, 1.807) is 61.9 Å². The number of methoxy groups -OCH3 is 1. The van der Waals surface area contributed by atoms with E-state index in [-0.39, 0.29) is 18.0 Å². The van der Waals surface area contributed by atoms with Crippen LogP contribution in [0, 0.1) is 0 Å². The van der Waals surface area contributed by atoms with Crippen LogP contribution in [0.4, 0.5) is 5.69 Å². The lowest BCUT2D eigenvalue weighted by atomic mass is 10.2. The molecule has 0 radical (unpaired) electrons. The van der Waals surface area contributed by atoms with Gasteiger partial charge in [0.2, 0.25) is 10.0 Å². The summed E-state index contributed by atoms with van der Waals surface area (Å²) in [5.74, 6) is 1.60. The molecule has 180 valence electrons. The smallest absolute Gasteiger partial charge is 0.243 e. The van der Waals surface area contributed by atoms with Gasteiger partial charge in [0.1, 0.15) is 23.0 Å². The van der Waals surface area contributed by atoms with Crippen LogP contribution in [0.15, 0.2) is 99.2 Å². The van der Waals surface area contributed by atoms with Crippen LogP contribution in [0.1, 0.15) is 17.1 Å². The number of halogens is 2. The largest absolute Gasteiger partial charge is 0.494 e. The number of ether oxygens (including phenoxy) is 1. The molecule has 9 heteroatoms. The number of rotatable bonds is 9. The number of benzene rings is 3. The summed E-state index contributed by atoms with van der Waals surface area (Å²) in [6.07, 6.45) is 1.57. The van der Waals surface area contributed by atoms with Crippen LogP contribution >= 0.6 is 23.2 Å². The lowest BCUT2D eigenvalue weighted by Gasteiger charge is -2.21. The Hall–Kier alpha value is -3.10. The van der Waals surface area contributed by atoms with Crippen LogP contribution < -0.4 is 4.74 Å². The molecule has 4 aromatic rings. The maximum Gasteiger partial charge on any atom is 0.243 e. The number of hydrogen-bond donors (Lipinski definition) is 0. The van der Waals surface area contributed by atoms with E-state index in [0.29, 0.717) is 33.0 Å². The van der Waals surface area contributed by atoms with Crippen molar-refractivity contribution in [2.24, 2.45) is 4.99 Å². The monoisotopic (exact) mass is 528 g/mol. The molecule has 0 N–H and O–H groups in total. The second kappa shape index (κ2) is 11.1. The van der Waals surface area contributed by atoms with E-state index in [0.717, 1.165) is 5.56 Å². The molecule has 1 aromatic heterocycles. The SMILES string of the molecule is COc1ccccc1N=Cc1ccc(CN(Cc2ccc(Cl)cc2)S(=O)(=O)c2ccc(Cl)cc2)o1. The first kappa shape index (κ1) is 25.0. The molecule has 3 aromatic carbocycles. The van der Waals surface area contributed by atoms with Gasteiger partial charge in [-0.15, -0.1) is 0 Å². The first-order valence-corrected chi connectivity index (χ1v) is 12.8. The van der Waals surface area contributed by atoms with E-state index >= 15 is 0 Å². The maximum atomic E-state index is 13.5. The topological polar surface area (TPSA) is 72.1 Å². The third-order valence-corrected chi connectivity index (χ3v) is 7.46. The van der Waals surface area contributed by atoms with Gasteiger partial charge in [0.15, 0.2) is 0 Å². The van der Waals surface area contributed by atoms with E-state index in [9.17, 15) is 8.42 Å². The van der Waals surface area contributed by atoms with Gasteiger partial charge in [-0.05, 0) is 66.2 Å². The van der Waals surface area contributed by atoms with Crippen LogP contribution in [-0.2, 0) is 23.1 Å². The fourth-order valence-electron chi connectivity index (χ4n) is 3.37. The maximum absolute atomic E-state index is 13.5. The predicted molar refractivity (Wildman–Crippen MR) is 138 cm³/mol. The van der Waals surface area contributed by atoms with E-state index in [1.807, 2.05) is 24.3 Å². The summed E-state index contributed by atoms with van der Waals surface area (Å²) in [5.41, 5.74) is 1.44. The van der Waals surface area contributed by atoms with Crippen molar-refractivity contribution >= 4 is 45.1 Å². The first-order valence-electron chi connectivity index (χ1n) is 10.6. The number of sulfonamides is 1. The van der Waals surface area contributed by atoms with Crippen LogP contribution in [0.3, 0.4) is 0 Å². The van der Waals surface area contributed by atoms with Crippen molar-refractivity contribution in [1.82, 2.24) is 4.31 Å². The minimum Gasteiger partial charge on any atom is -0.494 e. The quantitative estimate of drug-likeness (QED) is 0.225. The van der Waals surface area contributed by atoms with Gasteiger partial charge in [-0.1, -0.05) is 47.5 Å². The highest BCUT2D eigenvalue weighted by atomic mass is 35.5. The number of furan rings is 1. The van der Waals surface area contributed by atoms with Gasteiger partial charge in [0.05, 0.1) is 24.8 Å². The summed E-state index contributed by atoms with van der Waals surface area (Å²) >= 11 is 12.0. The van der Waals surface area contributed by atoms with Gasteiger partial charge < -0.3 is 9.15 Å². The van der Waals surface area contributed by atoms with E-state index in [1.165, 1.54) is 16.4 Å².